The number of hydrogen-bond donors (Lipinski definition) is 1. The lowest BCUT2D eigenvalue weighted by atomic mass is 10.1. The summed E-state index contributed by atoms with van der Waals surface area (Å²) in [5.74, 6) is -1.33. The predicted octanol–water partition coefficient (Wildman–Crippen LogP) is 3.96. The van der Waals surface area contributed by atoms with Crippen LogP contribution in [-0.2, 0) is 24.2 Å². The maximum atomic E-state index is 13.2. The summed E-state index contributed by atoms with van der Waals surface area (Å²) in [5.41, 5.74) is 0.900. The molecule has 1 N–H and O–H groups in total. The van der Waals surface area contributed by atoms with E-state index in [0.717, 1.165) is 10.0 Å². The predicted molar refractivity (Wildman–Crippen MR) is 116 cm³/mol. The molecule has 2 aromatic rings. The normalized spacial score (nSPS) is 16.6. The molecular formula is C22H24BrNO5S. The van der Waals surface area contributed by atoms with Gasteiger partial charge in [0.15, 0.2) is 21.2 Å². The molecule has 3 rings (SSSR count). The summed E-state index contributed by atoms with van der Waals surface area (Å²) in [6, 6.07) is 15.1. The number of sulfone groups is 1. The highest BCUT2D eigenvalue weighted by atomic mass is 79.9. The van der Waals surface area contributed by atoms with Gasteiger partial charge in [-0.2, -0.15) is 0 Å². The van der Waals surface area contributed by atoms with Crippen molar-refractivity contribution in [3.05, 3.63) is 64.6 Å². The van der Waals surface area contributed by atoms with Gasteiger partial charge in [0.05, 0.1) is 10.9 Å². The molecule has 8 heteroatoms. The molecule has 0 saturated heterocycles. The largest absolute Gasteiger partial charge is 0.454 e. The van der Waals surface area contributed by atoms with Crippen LogP contribution in [0.5, 0.6) is 0 Å². The molecule has 1 atom stereocenters. The van der Waals surface area contributed by atoms with Crippen molar-refractivity contribution in [2.24, 2.45) is 0 Å². The molecule has 0 aliphatic heterocycles. The number of benzene rings is 2. The van der Waals surface area contributed by atoms with E-state index in [1.807, 2.05) is 31.2 Å². The van der Waals surface area contributed by atoms with Crippen molar-refractivity contribution in [2.75, 3.05) is 6.61 Å². The van der Waals surface area contributed by atoms with Crippen LogP contribution >= 0.6 is 15.9 Å². The van der Waals surface area contributed by atoms with Gasteiger partial charge < -0.3 is 10.1 Å². The molecule has 0 bridgehead atoms. The van der Waals surface area contributed by atoms with Crippen LogP contribution in [0.15, 0.2) is 64.0 Å². The molecule has 1 aliphatic rings. The second-order valence-corrected chi connectivity index (χ2v) is 10.6. The zero-order valence-corrected chi connectivity index (χ0v) is 19.0. The van der Waals surface area contributed by atoms with Crippen LogP contribution in [-0.4, -0.2) is 31.6 Å². The van der Waals surface area contributed by atoms with Crippen molar-refractivity contribution >= 4 is 37.6 Å². The van der Waals surface area contributed by atoms with Crippen LogP contribution in [0, 0.1) is 0 Å². The first kappa shape index (κ1) is 22.5. The van der Waals surface area contributed by atoms with Crippen molar-refractivity contribution in [1.82, 2.24) is 5.32 Å². The molecule has 30 heavy (non-hydrogen) atoms. The molecule has 1 fully saturated rings. The molecule has 1 unspecified atom stereocenters. The van der Waals surface area contributed by atoms with E-state index in [4.69, 9.17) is 4.74 Å². The van der Waals surface area contributed by atoms with Crippen molar-refractivity contribution in [1.29, 1.82) is 0 Å². The summed E-state index contributed by atoms with van der Waals surface area (Å²) in [5, 5.41) is 2.76. The van der Waals surface area contributed by atoms with Gasteiger partial charge in [0, 0.05) is 4.47 Å². The molecular weight excluding hydrogens is 470 g/mol. The van der Waals surface area contributed by atoms with Gasteiger partial charge in [0.2, 0.25) is 0 Å². The van der Waals surface area contributed by atoms with Crippen LogP contribution in [0.1, 0.15) is 44.2 Å². The zero-order valence-electron chi connectivity index (χ0n) is 16.6. The highest BCUT2D eigenvalue weighted by molar-refractivity contribution is 9.10. The van der Waals surface area contributed by atoms with Crippen LogP contribution in [0.4, 0.5) is 0 Å². The minimum absolute atomic E-state index is 0.0946. The van der Waals surface area contributed by atoms with E-state index in [-0.39, 0.29) is 23.8 Å². The number of esters is 1. The third kappa shape index (κ3) is 4.59. The monoisotopic (exact) mass is 493 g/mol. The number of carbonyl (C=O) groups is 2. The summed E-state index contributed by atoms with van der Waals surface area (Å²) in [4.78, 5) is 25.3. The highest BCUT2D eigenvalue weighted by Crippen LogP contribution is 2.41. The second kappa shape index (κ2) is 9.31. The first-order valence-electron chi connectivity index (χ1n) is 9.78. The lowest BCUT2D eigenvalue weighted by Gasteiger charge is -2.26. The van der Waals surface area contributed by atoms with Crippen LogP contribution in [0.2, 0.25) is 0 Å². The fraction of sp³-hybridized carbons (Fsp3) is 0.364. The van der Waals surface area contributed by atoms with Gasteiger partial charge in [-0.1, -0.05) is 59.1 Å². The summed E-state index contributed by atoms with van der Waals surface area (Å²) in [6.45, 7) is 1.30. The van der Waals surface area contributed by atoms with E-state index in [9.17, 15) is 18.0 Å². The standard InChI is InChI=1S/C22H24BrNO5S/c1-16(17-9-11-18(23)12-10-17)24-20(25)15-29-21(26)22(13-5-6-14-22)30(27,28)19-7-3-2-4-8-19/h2-4,7-12,16H,5-6,13-15H2,1H3,(H,24,25). The van der Waals surface area contributed by atoms with Gasteiger partial charge in [-0.05, 0) is 49.6 Å². The van der Waals surface area contributed by atoms with Crippen molar-refractivity contribution in [3.8, 4) is 0 Å². The molecule has 0 aromatic heterocycles. The Bertz CT molecular complexity index is 1000. The van der Waals surface area contributed by atoms with Crippen LogP contribution in [0.3, 0.4) is 0 Å². The molecule has 0 radical (unpaired) electrons. The number of ether oxygens (including phenoxy) is 1. The molecule has 1 saturated carbocycles. The molecule has 6 nitrogen and oxygen atoms in total. The number of carbonyl (C=O) groups excluding carboxylic acids is 2. The van der Waals surface area contributed by atoms with Crippen LogP contribution < -0.4 is 5.32 Å². The lowest BCUT2D eigenvalue weighted by molar-refractivity contribution is -0.151. The molecule has 2 aromatic carbocycles. The number of hydrogen-bond acceptors (Lipinski definition) is 5. The Kier molecular flexibility index (Phi) is 6.98. The number of rotatable bonds is 7. The summed E-state index contributed by atoms with van der Waals surface area (Å²) in [6.07, 6.45) is 1.63. The minimum atomic E-state index is -3.93. The lowest BCUT2D eigenvalue weighted by Crippen LogP contribution is -2.46. The zero-order chi connectivity index (χ0) is 21.8. The smallest absolute Gasteiger partial charge is 0.328 e. The maximum Gasteiger partial charge on any atom is 0.328 e. The van der Waals surface area contributed by atoms with E-state index in [1.54, 1.807) is 18.2 Å². The highest BCUT2D eigenvalue weighted by Gasteiger charge is 2.54. The Labute approximate surface area is 185 Å². The van der Waals surface area contributed by atoms with E-state index >= 15 is 0 Å². The molecule has 160 valence electrons. The number of halogens is 1. The van der Waals surface area contributed by atoms with E-state index in [1.165, 1.54) is 12.1 Å². The average molecular weight is 494 g/mol. The van der Waals surface area contributed by atoms with E-state index < -0.39 is 33.1 Å². The number of amides is 1. The maximum absolute atomic E-state index is 13.2. The van der Waals surface area contributed by atoms with Gasteiger partial charge >= 0.3 is 5.97 Å². The molecule has 1 aliphatic carbocycles. The van der Waals surface area contributed by atoms with Gasteiger partial charge in [0.1, 0.15) is 0 Å². The first-order valence-corrected chi connectivity index (χ1v) is 12.1. The Morgan fingerprint density at radius 2 is 1.67 bits per heavy atom. The fourth-order valence-electron chi connectivity index (χ4n) is 3.73. The second-order valence-electron chi connectivity index (χ2n) is 7.43. The Morgan fingerprint density at radius 3 is 2.27 bits per heavy atom. The number of nitrogens with one attached hydrogen (secondary N) is 1. The Morgan fingerprint density at radius 1 is 1.07 bits per heavy atom. The third-order valence-electron chi connectivity index (χ3n) is 5.43. The quantitative estimate of drug-likeness (QED) is 0.589. The SMILES string of the molecule is CC(NC(=O)COC(=O)C1(S(=O)(=O)c2ccccc2)CCCC1)c1ccc(Br)cc1. The third-order valence-corrected chi connectivity index (χ3v) is 8.46. The minimum Gasteiger partial charge on any atom is -0.454 e. The Balaban J connectivity index is 1.67. The molecule has 0 heterocycles. The summed E-state index contributed by atoms with van der Waals surface area (Å²) < 4.78 is 31.0. The Hall–Kier alpha value is -2.19. The van der Waals surface area contributed by atoms with Crippen molar-refractivity contribution in [2.45, 2.75) is 48.3 Å². The summed E-state index contributed by atoms with van der Waals surface area (Å²) in [7, 11) is -3.93. The van der Waals surface area contributed by atoms with Gasteiger partial charge in [-0.25, -0.2) is 8.42 Å². The van der Waals surface area contributed by atoms with E-state index in [2.05, 4.69) is 21.2 Å². The van der Waals surface area contributed by atoms with E-state index in [0.29, 0.717) is 12.8 Å². The topological polar surface area (TPSA) is 89.5 Å². The average Bonchev–Trinajstić information content (AvgIpc) is 3.25. The molecule has 0 spiro atoms. The van der Waals surface area contributed by atoms with Crippen molar-refractivity contribution < 1.29 is 22.7 Å². The van der Waals surface area contributed by atoms with Gasteiger partial charge in [-0.15, -0.1) is 0 Å². The first-order chi connectivity index (χ1) is 14.3. The van der Waals surface area contributed by atoms with Crippen molar-refractivity contribution in [3.63, 3.8) is 0 Å². The fourth-order valence-corrected chi connectivity index (χ4v) is 6.07. The van der Waals surface area contributed by atoms with Crippen LogP contribution in [0.25, 0.3) is 0 Å². The van der Waals surface area contributed by atoms with Gasteiger partial charge in [-0.3, -0.25) is 9.59 Å². The molecule has 1 amide bonds. The summed E-state index contributed by atoms with van der Waals surface area (Å²) >= 11 is 3.36. The van der Waals surface area contributed by atoms with Gasteiger partial charge in [0.25, 0.3) is 5.91 Å².